The van der Waals surface area contributed by atoms with Crippen LogP contribution in [0.1, 0.15) is 35.4 Å². The van der Waals surface area contributed by atoms with Crippen LogP contribution in [0, 0.1) is 32.1 Å². The number of hydrogen-bond acceptors (Lipinski definition) is 6. The lowest BCUT2D eigenvalue weighted by Crippen LogP contribution is -2.40. The summed E-state index contributed by atoms with van der Waals surface area (Å²) in [6.07, 6.45) is 3.68. The Hall–Kier alpha value is -2.68. The summed E-state index contributed by atoms with van der Waals surface area (Å²) in [6.45, 7) is 7.82. The summed E-state index contributed by atoms with van der Waals surface area (Å²) >= 11 is 0. The molecule has 1 saturated heterocycles. The van der Waals surface area contributed by atoms with E-state index < -0.39 is 0 Å². The molecule has 0 atom stereocenters. The molecular weight excluding hydrogens is 300 g/mol. The van der Waals surface area contributed by atoms with Crippen molar-refractivity contribution >= 4 is 11.8 Å². The van der Waals surface area contributed by atoms with E-state index in [1.54, 1.807) is 12.3 Å². The van der Waals surface area contributed by atoms with Crippen LogP contribution in [0.4, 0.5) is 11.8 Å². The van der Waals surface area contributed by atoms with Gasteiger partial charge in [0.1, 0.15) is 11.9 Å². The second-order valence-electron chi connectivity index (χ2n) is 6.24. The summed E-state index contributed by atoms with van der Waals surface area (Å²) in [7, 11) is 0. The molecule has 0 saturated carbocycles. The number of aromatic nitrogens is 3. The number of nitrogens with one attached hydrogen (secondary N) is 1. The van der Waals surface area contributed by atoms with Crippen molar-refractivity contribution in [2.75, 3.05) is 23.3 Å². The first-order chi connectivity index (χ1) is 11.6. The molecule has 1 fully saturated rings. The van der Waals surface area contributed by atoms with Crippen LogP contribution in [0.3, 0.4) is 0 Å². The lowest BCUT2D eigenvalue weighted by Gasteiger charge is -2.33. The fraction of sp³-hybridized carbons (Fsp3) is 0.444. The molecule has 6 nitrogen and oxygen atoms in total. The van der Waals surface area contributed by atoms with Crippen molar-refractivity contribution in [3.05, 3.63) is 40.8 Å². The van der Waals surface area contributed by atoms with Crippen LogP contribution in [0.15, 0.2) is 18.3 Å². The summed E-state index contributed by atoms with van der Waals surface area (Å²) in [5, 5.41) is 12.7. The van der Waals surface area contributed by atoms with Gasteiger partial charge in [0.25, 0.3) is 0 Å². The van der Waals surface area contributed by atoms with Gasteiger partial charge < -0.3 is 10.2 Å². The molecule has 24 heavy (non-hydrogen) atoms. The van der Waals surface area contributed by atoms with Crippen LogP contribution in [0.5, 0.6) is 0 Å². The van der Waals surface area contributed by atoms with E-state index in [9.17, 15) is 5.26 Å². The van der Waals surface area contributed by atoms with Gasteiger partial charge in [-0.15, -0.1) is 0 Å². The van der Waals surface area contributed by atoms with Crippen molar-refractivity contribution in [2.24, 2.45) is 0 Å². The highest BCUT2D eigenvalue weighted by Gasteiger charge is 2.22. The quantitative estimate of drug-likeness (QED) is 0.936. The molecule has 0 amide bonds. The maximum atomic E-state index is 9.22. The van der Waals surface area contributed by atoms with Crippen LogP contribution in [0.2, 0.25) is 0 Å². The zero-order chi connectivity index (χ0) is 17.1. The van der Waals surface area contributed by atoms with Crippen LogP contribution in [0.25, 0.3) is 0 Å². The Morgan fingerprint density at radius 1 is 1.17 bits per heavy atom. The van der Waals surface area contributed by atoms with Crippen molar-refractivity contribution in [3.63, 3.8) is 0 Å². The van der Waals surface area contributed by atoms with Gasteiger partial charge in [0, 0.05) is 36.7 Å². The SMILES string of the molecule is Cc1nc(NC2CCN(c3ncccc3C#N)CC2)nc(C)c1C. The van der Waals surface area contributed by atoms with Crippen LogP contribution >= 0.6 is 0 Å². The van der Waals surface area contributed by atoms with E-state index in [4.69, 9.17) is 0 Å². The van der Waals surface area contributed by atoms with Gasteiger partial charge in [-0.3, -0.25) is 0 Å². The molecule has 1 N–H and O–H groups in total. The minimum atomic E-state index is 0.344. The van der Waals surface area contributed by atoms with Gasteiger partial charge in [0.05, 0.1) is 5.56 Å². The average molecular weight is 322 g/mol. The highest BCUT2D eigenvalue weighted by atomic mass is 15.2. The maximum absolute atomic E-state index is 9.22. The minimum Gasteiger partial charge on any atom is -0.355 e. The molecule has 0 radical (unpaired) electrons. The molecule has 0 aliphatic carbocycles. The Morgan fingerprint density at radius 2 is 1.83 bits per heavy atom. The molecule has 6 heteroatoms. The van der Waals surface area contributed by atoms with E-state index in [0.29, 0.717) is 17.6 Å². The van der Waals surface area contributed by atoms with Crippen molar-refractivity contribution < 1.29 is 0 Å². The second kappa shape index (κ2) is 6.83. The molecule has 124 valence electrons. The van der Waals surface area contributed by atoms with E-state index in [2.05, 4.69) is 31.2 Å². The van der Waals surface area contributed by atoms with Gasteiger partial charge in [0.2, 0.25) is 5.95 Å². The Balaban J connectivity index is 1.65. The normalized spacial score (nSPS) is 15.2. The number of piperidine rings is 1. The number of hydrogen-bond donors (Lipinski definition) is 1. The summed E-state index contributed by atoms with van der Waals surface area (Å²) in [5.41, 5.74) is 3.83. The van der Waals surface area contributed by atoms with Gasteiger partial charge in [-0.2, -0.15) is 5.26 Å². The fourth-order valence-electron chi connectivity index (χ4n) is 2.99. The largest absolute Gasteiger partial charge is 0.355 e. The highest BCUT2D eigenvalue weighted by molar-refractivity contribution is 5.53. The monoisotopic (exact) mass is 322 g/mol. The number of anilines is 2. The molecule has 0 aromatic carbocycles. The minimum absolute atomic E-state index is 0.344. The lowest BCUT2D eigenvalue weighted by molar-refractivity contribution is 0.520. The smallest absolute Gasteiger partial charge is 0.223 e. The fourth-order valence-corrected chi connectivity index (χ4v) is 2.99. The molecule has 2 aromatic rings. The molecule has 0 bridgehead atoms. The first kappa shape index (κ1) is 16.2. The van der Waals surface area contributed by atoms with E-state index in [1.165, 1.54) is 0 Å². The predicted octanol–water partition coefficient (Wildman–Crippen LogP) is 2.75. The molecule has 3 rings (SSSR count). The van der Waals surface area contributed by atoms with Gasteiger partial charge in [0.15, 0.2) is 0 Å². The summed E-state index contributed by atoms with van der Waals surface area (Å²) < 4.78 is 0. The molecule has 0 unspecified atom stereocenters. The van der Waals surface area contributed by atoms with E-state index in [0.717, 1.165) is 48.7 Å². The van der Waals surface area contributed by atoms with Crippen LogP contribution < -0.4 is 10.2 Å². The van der Waals surface area contributed by atoms with Gasteiger partial charge >= 0.3 is 0 Å². The van der Waals surface area contributed by atoms with Crippen molar-refractivity contribution in [1.29, 1.82) is 5.26 Å². The molecule has 0 spiro atoms. The number of aryl methyl sites for hydroxylation is 2. The second-order valence-corrected chi connectivity index (χ2v) is 6.24. The van der Waals surface area contributed by atoms with E-state index in [1.807, 2.05) is 26.8 Å². The average Bonchev–Trinajstić information content (AvgIpc) is 2.60. The predicted molar refractivity (Wildman–Crippen MR) is 94.1 cm³/mol. The Bertz CT molecular complexity index is 748. The highest BCUT2D eigenvalue weighted by Crippen LogP contribution is 2.22. The zero-order valence-corrected chi connectivity index (χ0v) is 14.4. The van der Waals surface area contributed by atoms with E-state index in [-0.39, 0.29) is 0 Å². The third-order valence-electron chi connectivity index (χ3n) is 4.67. The maximum Gasteiger partial charge on any atom is 0.223 e. The Morgan fingerprint density at radius 3 is 2.46 bits per heavy atom. The molecule has 2 aromatic heterocycles. The number of nitriles is 1. The Kier molecular flexibility index (Phi) is 4.61. The summed E-state index contributed by atoms with van der Waals surface area (Å²) in [5.74, 6) is 1.50. The summed E-state index contributed by atoms with van der Waals surface area (Å²) in [6, 6.07) is 6.19. The zero-order valence-electron chi connectivity index (χ0n) is 14.4. The van der Waals surface area contributed by atoms with Gasteiger partial charge in [-0.25, -0.2) is 15.0 Å². The molecular formula is C18H22N6. The summed E-state index contributed by atoms with van der Waals surface area (Å²) in [4.78, 5) is 15.6. The van der Waals surface area contributed by atoms with Crippen molar-refractivity contribution in [1.82, 2.24) is 15.0 Å². The topological polar surface area (TPSA) is 77.7 Å². The third-order valence-corrected chi connectivity index (χ3v) is 4.67. The molecule has 3 heterocycles. The standard InChI is InChI=1S/C18H22N6/c1-12-13(2)21-18(22-14(12)3)23-16-6-9-24(10-7-16)17-15(11-19)5-4-8-20-17/h4-5,8,16H,6-7,9-10H2,1-3H3,(H,21,22,23). The van der Waals surface area contributed by atoms with Crippen LogP contribution in [-0.4, -0.2) is 34.1 Å². The van der Waals surface area contributed by atoms with Gasteiger partial charge in [-0.1, -0.05) is 0 Å². The van der Waals surface area contributed by atoms with Gasteiger partial charge in [-0.05, 0) is 51.3 Å². The first-order valence-electron chi connectivity index (χ1n) is 8.27. The van der Waals surface area contributed by atoms with Crippen molar-refractivity contribution in [3.8, 4) is 6.07 Å². The molecule has 1 aliphatic heterocycles. The molecule has 1 aliphatic rings. The van der Waals surface area contributed by atoms with Crippen LogP contribution in [-0.2, 0) is 0 Å². The Labute approximate surface area is 142 Å². The number of rotatable bonds is 3. The number of pyridine rings is 1. The van der Waals surface area contributed by atoms with Crippen molar-refractivity contribution in [2.45, 2.75) is 39.7 Å². The third kappa shape index (κ3) is 3.30. The number of nitrogens with zero attached hydrogens (tertiary/aromatic N) is 5. The lowest BCUT2D eigenvalue weighted by atomic mass is 10.0. The first-order valence-corrected chi connectivity index (χ1v) is 8.27. The van der Waals surface area contributed by atoms with E-state index >= 15 is 0 Å².